The number of ketones is 1. The van der Waals surface area contributed by atoms with E-state index in [1.165, 1.54) is 11.0 Å². The molecule has 0 saturated carbocycles. The van der Waals surface area contributed by atoms with E-state index in [1.54, 1.807) is 55.5 Å². The normalized spacial score (nSPS) is 16.2. The highest BCUT2D eigenvalue weighted by atomic mass is 32.1. The van der Waals surface area contributed by atoms with Gasteiger partial charge in [0.15, 0.2) is 5.13 Å². The fourth-order valence-electron chi connectivity index (χ4n) is 4.26. The molecule has 2 heterocycles. The van der Waals surface area contributed by atoms with Crippen LogP contribution in [-0.2, 0) is 14.3 Å². The van der Waals surface area contributed by atoms with Crippen molar-refractivity contribution in [2.45, 2.75) is 33.7 Å². The largest absolute Gasteiger partial charge is 0.507 e. The summed E-state index contributed by atoms with van der Waals surface area (Å²) in [5, 5.41) is 11.5. The first-order chi connectivity index (χ1) is 19.7. The number of anilines is 1. The molecule has 1 N–H and O–H groups in total. The van der Waals surface area contributed by atoms with Gasteiger partial charge in [0.05, 0.1) is 30.5 Å². The van der Waals surface area contributed by atoms with Crippen LogP contribution < -0.4 is 14.4 Å². The first kappa shape index (κ1) is 29.5. The fraction of sp³-hybridized carbons (Fsp3) is 0.290. The highest BCUT2D eigenvalue weighted by Crippen LogP contribution is 2.44. The average Bonchev–Trinajstić information content (AvgIpc) is 3.47. The van der Waals surface area contributed by atoms with Crippen LogP contribution in [0.25, 0.3) is 5.76 Å². The molecular formula is C31H32N2O7S. The third-order valence-electron chi connectivity index (χ3n) is 6.17. The number of carbonyl (C=O) groups is 3. The van der Waals surface area contributed by atoms with Gasteiger partial charge in [-0.25, -0.2) is 9.78 Å². The zero-order valence-electron chi connectivity index (χ0n) is 23.4. The number of carbonyl (C=O) groups excluding carboxylic acids is 3. The van der Waals surface area contributed by atoms with Gasteiger partial charge in [-0.15, -0.1) is 0 Å². The van der Waals surface area contributed by atoms with Gasteiger partial charge in [0, 0.05) is 5.56 Å². The average molecular weight is 577 g/mol. The molecule has 10 heteroatoms. The molecule has 3 aromatic rings. The molecule has 0 aliphatic carbocycles. The lowest BCUT2D eigenvalue weighted by atomic mass is 9.95. The van der Waals surface area contributed by atoms with Gasteiger partial charge >= 0.3 is 11.9 Å². The standard InChI is InChI=1S/C31H32N2O7S/c1-6-16-39-30(37)28-19(5)32-31(41-28)33-25(20-8-12-22(13-9-20)38-7-2)24(27(35)29(33)36)26(34)21-10-14-23(15-11-21)40-17-18(3)4/h6,8-15,18,25,34H,1,7,16-17H2,2-5H3/b26-24+. The molecule has 1 aliphatic rings. The van der Waals surface area contributed by atoms with Crippen molar-refractivity contribution in [3.05, 3.63) is 88.5 Å². The summed E-state index contributed by atoms with van der Waals surface area (Å²) < 4.78 is 16.4. The lowest BCUT2D eigenvalue weighted by Gasteiger charge is -2.23. The van der Waals surface area contributed by atoms with Gasteiger partial charge in [-0.05, 0) is 61.7 Å². The minimum absolute atomic E-state index is 0.0174. The van der Waals surface area contributed by atoms with Crippen LogP contribution in [0.2, 0.25) is 0 Å². The fourth-order valence-corrected chi connectivity index (χ4v) is 5.25. The summed E-state index contributed by atoms with van der Waals surface area (Å²) in [6.07, 6.45) is 1.45. The van der Waals surface area contributed by atoms with Crippen LogP contribution in [0, 0.1) is 12.8 Å². The maximum atomic E-state index is 13.5. The van der Waals surface area contributed by atoms with Gasteiger partial charge in [-0.3, -0.25) is 14.5 Å². The number of aromatic nitrogens is 1. The van der Waals surface area contributed by atoms with E-state index in [-0.39, 0.29) is 27.9 Å². The number of hydrogen-bond acceptors (Lipinski definition) is 9. The van der Waals surface area contributed by atoms with Gasteiger partial charge in [-0.2, -0.15) is 0 Å². The zero-order valence-corrected chi connectivity index (χ0v) is 24.2. The van der Waals surface area contributed by atoms with Crippen LogP contribution >= 0.6 is 11.3 Å². The molecule has 0 bridgehead atoms. The van der Waals surface area contributed by atoms with Crippen molar-refractivity contribution in [1.82, 2.24) is 4.98 Å². The van der Waals surface area contributed by atoms with Crippen molar-refractivity contribution in [2.75, 3.05) is 24.7 Å². The quantitative estimate of drug-likeness (QED) is 0.0993. The number of Topliss-reactive ketones (excluding diaryl/α,β-unsaturated/α-hetero) is 1. The number of amides is 1. The second-order valence-corrected chi connectivity index (χ2v) is 10.7. The number of aryl methyl sites for hydroxylation is 1. The molecule has 1 atom stereocenters. The lowest BCUT2D eigenvalue weighted by molar-refractivity contribution is -0.132. The molecule has 214 valence electrons. The van der Waals surface area contributed by atoms with Crippen LogP contribution in [0.15, 0.2) is 66.8 Å². The van der Waals surface area contributed by atoms with Crippen LogP contribution in [0.5, 0.6) is 11.5 Å². The van der Waals surface area contributed by atoms with Gasteiger partial charge in [0.25, 0.3) is 5.78 Å². The van der Waals surface area contributed by atoms with Crippen LogP contribution in [0.3, 0.4) is 0 Å². The van der Waals surface area contributed by atoms with Crippen molar-refractivity contribution < 1.29 is 33.7 Å². The number of aliphatic hydroxyl groups excluding tert-OH is 1. The Kier molecular flexibility index (Phi) is 9.24. The molecule has 1 unspecified atom stereocenters. The van der Waals surface area contributed by atoms with Crippen molar-refractivity contribution in [1.29, 1.82) is 0 Å². The molecule has 41 heavy (non-hydrogen) atoms. The number of nitrogens with zero attached hydrogens (tertiary/aromatic N) is 2. The highest BCUT2D eigenvalue weighted by Gasteiger charge is 2.48. The van der Waals surface area contributed by atoms with Gasteiger partial charge in [0.2, 0.25) is 0 Å². The number of aliphatic hydroxyl groups is 1. The van der Waals surface area contributed by atoms with Gasteiger partial charge in [0.1, 0.15) is 28.7 Å². The van der Waals surface area contributed by atoms with Crippen molar-refractivity contribution in [3.63, 3.8) is 0 Å². The summed E-state index contributed by atoms with van der Waals surface area (Å²) >= 11 is 0.937. The van der Waals surface area contributed by atoms with E-state index >= 15 is 0 Å². The number of ether oxygens (including phenoxy) is 3. The molecule has 1 amide bonds. The first-order valence-electron chi connectivity index (χ1n) is 13.2. The lowest BCUT2D eigenvalue weighted by Crippen LogP contribution is -2.29. The molecular weight excluding hydrogens is 544 g/mol. The third-order valence-corrected chi connectivity index (χ3v) is 7.31. The number of thiazole rings is 1. The summed E-state index contributed by atoms with van der Waals surface area (Å²) in [7, 11) is 0. The Hall–Kier alpha value is -4.44. The van der Waals surface area contributed by atoms with E-state index in [9.17, 15) is 19.5 Å². The smallest absolute Gasteiger partial charge is 0.350 e. The maximum Gasteiger partial charge on any atom is 0.350 e. The molecule has 0 radical (unpaired) electrons. The molecule has 1 fully saturated rings. The number of esters is 1. The molecule has 1 saturated heterocycles. The molecule has 4 rings (SSSR count). The molecule has 1 aromatic heterocycles. The molecule has 9 nitrogen and oxygen atoms in total. The van der Waals surface area contributed by atoms with Crippen molar-refractivity contribution >= 4 is 39.9 Å². The Morgan fingerprint density at radius 2 is 1.73 bits per heavy atom. The predicted molar refractivity (Wildman–Crippen MR) is 156 cm³/mol. The molecule has 1 aliphatic heterocycles. The zero-order chi connectivity index (χ0) is 29.7. The van der Waals surface area contributed by atoms with Gasteiger partial charge in [-0.1, -0.05) is 50.0 Å². The van der Waals surface area contributed by atoms with Crippen LogP contribution in [0.4, 0.5) is 5.13 Å². The summed E-state index contributed by atoms with van der Waals surface area (Å²) in [5.41, 5.74) is 1.15. The summed E-state index contributed by atoms with van der Waals surface area (Å²) in [5.74, 6) is -1.12. The van der Waals surface area contributed by atoms with E-state index in [1.807, 2.05) is 20.8 Å². The minimum Gasteiger partial charge on any atom is -0.507 e. The predicted octanol–water partition coefficient (Wildman–Crippen LogP) is 5.85. The summed E-state index contributed by atoms with van der Waals surface area (Å²) in [4.78, 5) is 45.4. The Bertz CT molecular complexity index is 1470. The Morgan fingerprint density at radius 3 is 2.34 bits per heavy atom. The number of benzene rings is 2. The van der Waals surface area contributed by atoms with Gasteiger partial charge < -0.3 is 19.3 Å². The monoisotopic (exact) mass is 576 g/mol. The third kappa shape index (κ3) is 6.33. The second-order valence-electron chi connectivity index (χ2n) is 9.70. The number of rotatable bonds is 11. The minimum atomic E-state index is -1.01. The summed E-state index contributed by atoms with van der Waals surface area (Å²) in [6.45, 7) is 12.1. The maximum absolute atomic E-state index is 13.5. The molecule has 0 spiro atoms. The van der Waals surface area contributed by atoms with Crippen molar-refractivity contribution in [3.8, 4) is 11.5 Å². The van der Waals surface area contributed by atoms with Crippen LogP contribution in [-0.4, -0.2) is 47.6 Å². The van der Waals surface area contributed by atoms with E-state index in [0.717, 1.165) is 11.3 Å². The Balaban J connectivity index is 1.80. The Labute approximate surface area is 242 Å². The van der Waals surface area contributed by atoms with E-state index in [4.69, 9.17) is 14.2 Å². The first-order valence-corrected chi connectivity index (χ1v) is 14.0. The van der Waals surface area contributed by atoms with E-state index in [0.29, 0.717) is 47.5 Å². The highest BCUT2D eigenvalue weighted by molar-refractivity contribution is 7.17. The van der Waals surface area contributed by atoms with E-state index < -0.39 is 23.7 Å². The van der Waals surface area contributed by atoms with Crippen LogP contribution in [0.1, 0.15) is 53.3 Å². The van der Waals surface area contributed by atoms with E-state index in [2.05, 4.69) is 11.6 Å². The Morgan fingerprint density at radius 1 is 1.10 bits per heavy atom. The number of hydrogen-bond donors (Lipinski definition) is 1. The molecule has 2 aromatic carbocycles. The second kappa shape index (κ2) is 12.8. The topological polar surface area (TPSA) is 115 Å². The SMILES string of the molecule is C=CCOC(=O)c1sc(N2C(=O)C(=O)/C(=C(/O)c3ccc(OCC(C)C)cc3)C2c2ccc(OCC)cc2)nc1C. The summed E-state index contributed by atoms with van der Waals surface area (Å²) in [6, 6.07) is 12.6. The van der Waals surface area contributed by atoms with Crippen molar-refractivity contribution in [2.24, 2.45) is 5.92 Å².